The molecule has 2 fully saturated rings. The molecule has 3 rings (SSSR count). The topological polar surface area (TPSA) is 58.6 Å². The Labute approximate surface area is 105 Å². The van der Waals surface area contributed by atoms with Gasteiger partial charge in [0.25, 0.3) is 0 Å². The van der Waals surface area contributed by atoms with Crippen molar-refractivity contribution in [1.82, 2.24) is 0 Å². The Balaban J connectivity index is 1.84. The van der Waals surface area contributed by atoms with Gasteiger partial charge in [-0.15, -0.1) is 11.8 Å². The zero-order valence-electron chi connectivity index (χ0n) is 9.54. The molecule has 0 unspecified atom stereocenters. The van der Waals surface area contributed by atoms with Gasteiger partial charge in [-0.3, -0.25) is 0 Å². The van der Waals surface area contributed by atoms with Crippen molar-refractivity contribution in [2.24, 2.45) is 17.0 Å². The van der Waals surface area contributed by atoms with E-state index in [2.05, 4.69) is 5.16 Å². The molecule has 0 spiro atoms. The number of para-hydroxylation sites is 1. The maximum atomic E-state index is 9.15. The Morgan fingerprint density at radius 1 is 1.29 bits per heavy atom. The molecule has 2 aliphatic rings. The first-order valence-electron chi connectivity index (χ1n) is 6.02. The van der Waals surface area contributed by atoms with E-state index in [1.54, 1.807) is 11.8 Å². The van der Waals surface area contributed by atoms with E-state index in [-0.39, 0.29) is 0 Å². The summed E-state index contributed by atoms with van der Waals surface area (Å²) in [5.74, 6) is 1.17. The Hall–Kier alpha value is -1.16. The van der Waals surface area contributed by atoms with Crippen LogP contribution >= 0.6 is 11.8 Å². The SMILES string of the molecule is Nc1ccccc1S[C@H]1/C(=N/O)[C@H]2CC[C@H]1C2. The number of hydrogen-bond donors (Lipinski definition) is 2. The Morgan fingerprint density at radius 2 is 2.12 bits per heavy atom. The molecule has 1 aromatic carbocycles. The minimum atomic E-state index is 0.323. The number of fused-ring (bicyclic) bond motifs is 2. The van der Waals surface area contributed by atoms with Crippen molar-refractivity contribution in [3.8, 4) is 0 Å². The molecule has 0 aliphatic heterocycles. The lowest BCUT2D eigenvalue weighted by Gasteiger charge is -2.22. The third-order valence-electron chi connectivity index (χ3n) is 3.90. The van der Waals surface area contributed by atoms with Crippen LogP contribution in [0.4, 0.5) is 5.69 Å². The van der Waals surface area contributed by atoms with Crippen molar-refractivity contribution in [2.75, 3.05) is 5.73 Å². The molecule has 0 saturated heterocycles. The van der Waals surface area contributed by atoms with Crippen LogP contribution in [0.2, 0.25) is 0 Å². The van der Waals surface area contributed by atoms with Crippen LogP contribution < -0.4 is 5.73 Å². The Kier molecular flexibility index (Phi) is 2.74. The van der Waals surface area contributed by atoms with Crippen LogP contribution in [0.1, 0.15) is 19.3 Å². The summed E-state index contributed by atoms with van der Waals surface area (Å²) in [6, 6.07) is 7.91. The van der Waals surface area contributed by atoms with Gasteiger partial charge in [-0.2, -0.15) is 0 Å². The van der Waals surface area contributed by atoms with Crippen LogP contribution in [-0.4, -0.2) is 16.2 Å². The Morgan fingerprint density at radius 3 is 2.88 bits per heavy atom. The lowest BCUT2D eigenvalue weighted by molar-refractivity contribution is 0.314. The molecule has 0 radical (unpaired) electrons. The minimum absolute atomic E-state index is 0.323. The van der Waals surface area contributed by atoms with Crippen LogP contribution in [-0.2, 0) is 0 Å². The number of nitrogen functional groups attached to an aromatic ring is 1. The number of oxime groups is 1. The van der Waals surface area contributed by atoms with Crippen molar-refractivity contribution >= 4 is 23.2 Å². The molecule has 0 aromatic heterocycles. The van der Waals surface area contributed by atoms with Crippen molar-refractivity contribution in [3.63, 3.8) is 0 Å². The number of benzene rings is 1. The highest BCUT2D eigenvalue weighted by atomic mass is 32.2. The third-order valence-corrected chi connectivity index (χ3v) is 5.41. The summed E-state index contributed by atoms with van der Waals surface area (Å²) in [7, 11) is 0. The molecule has 1 aromatic rings. The van der Waals surface area contributed by atoms with E-state index in [0.29, 0.717) is 17.1 Å². The van der Waals surface area contributed by atoms with Gasteiger partial charge in [0.2, 0.25) is 0 Å². The predicted octanol–water partition coefficient (Wildman–Crippen LogP) is 2.99. The van der Waals surface area contributed by atoms with Gasteiger partial charge >= 0.3 is 0 Å². The number of thioether (sulfide) groups is 1. The lowest BCUT2D eigenvalue weighted by Crippen LogP contribution is -2.24. The molecule has 17 heavy (non-hydrogen) atoms. The number of rotatable bonds is 2. The highest BCUT2D eigenvalue weighted by Crippen LogP contribution is 2.50. The first-order valence-corrected chi connectivity index (χ1v) is 6.90. The smallest absolute Gasteiger partial charge is 0.0737 e. The van der Waals surface area contributed by atoms with Gasteiger partial charge in [-0.05, 0) is 37.3 Å². The van der Waals surface area contributed by atoms with Gasteiger partial charge in [-0.25, -0.2) is 0 Å². The Bertz CT molecular complexity index is 460. The van der Waals surface area contributed by atoms with E-state index in [1.165, 1.54) is 19.3 Å². The van der Waals surface area contributed by atoms with Gasteiger partial charge in [0.15, 0.2) is 0 Å². The average Bonchev–Trinajstić information content (AvgIpc) is 2.92. The van der Waals surface area contributed by atoms with Crippen molar-refractivity contribution < 1.29 is 5.21 Å². The highest BCUT2D eigenvalue weighted by molar-refractivity contribution is 8.00. The van der Waals surface area contributed by atoms with Crippen LogP contribution in [0.25, 0.3) is 0 Å². The quantitative estimate of drug-likeness (QED) is 0.480. The van der Waals surface area contributed by atoms with E-state index in [4.69, 9.17) is 10.9 Å². The summed E-state index contributed by atoms with van der Waals surface area (Å²) >= 11 is 1.76. The summed E-state index contributed by atoms with van der Waals surface area (Å²) in [5.41, 5.74) is 7.76. The summed E-state index contributed by atoms with van der Waals surface area (Å²) < 4.78 is 0. The number of hydrogen-bond acceptors (Lipinski definition) is 4. The van der Waals surface area contributed by atoms with E-state index in [0.717, 1.165) is 16.3 Å². The molecule has 3 nitrogen and oxygen atoms in total. The van der Waals surface area contributed by atoms with Crippen LogP contribution in [0.3, 0.4) is 0 Å². The number of nitrogens with zero attached hydrogens (tertiary/aromatic N) is 1. The van der Waals surface area contributed by atoms with Crippen LogP contribution in [0.15, 0.2) is 34.3 Å². The normalized spacial score (nSPS) is 33.4. The molecule has 0 heterocycles. The summed E-state index contributed by atoms with van der Waals surface area (Å²) in [4.78, 5) is 1.10. The molecular weight excluding hydrogens is 232 g/mol. The zero-order chi connectivity index (χ0) is 11.8. The average molecular weight is 248 g/mol. The van der Waals surface area contributed by atoms with Gasteiger partial charge < -0.3 is 10.9 Å². The maximum absolute atomic E-state index is 9.15. The molecule has 2 saturated carbocycles. The van der Waals surface area contributed by atoms with Gasteiger partial charge in [0, 0.05) is 16.5 Å². The van der Waals surface area contributed by atoms with E-state index in [1.807, 2.05) is 24.3 Å². The highest BCUT2D eigenvalue weighted by Gasteiger charge is 2.46. The molecular formula is C13H16N2OS. The fraction of sp³-hybridized carbons (Fsp3) is 0.462. The van der Waals surface area contributed by atoms with Gasteiger partial charge in [-0.1, -0.05) is 17.3 Å². The van der Waals surface area contributed by atoms with E-state index in [9.17, 15) is 0 Å². The van der Waals surface area contributed by atoms with E-state index < -0.39 is 0 Å². The van der Waals surface area contributed by atoms with Crippen molar-refractivity contribution in [3.05, 3.63) is 24.3 Å². The molecule has 2 aliphatic carbocycles. The van der Waals surface area contributed by atoms with Gasteiger partial charge in [0.1, 0.15) is 0 Å². The second-order valence-electron chi connectivity index (χ2n) is 4.87. The van der Waals surface area contributed by atoms with Gasteiger partial charge in [0.05, 0.1) is 11.0 Å². The molecule has 3 N–H and O–H groups in total. The molecule has 90 valence electrons. The van der Waals surface area contributed by atoms with Crippen molar-refractivity contribution in [2.45, 2.75) is 29.4 Å². The fourth-order valence-corrected chi connectivity index (χ4v) is 4.49. The van der Waals surface area contributed by atoms with Crippen LogP contribution in [0, 0.1) is 11.8 Å². The lowest BCUT2D eigenvalue weighted by atomic mass is 9.98. The molecule has 0 amide bonds. The summed E-state index contributed by atoms with van der Waals surface area (Å²) in [6.07, 6.45) is 3.63. The maximum Gasteiger partial charge on any atom is 0.0737 e. The summed E-state index contributed by atoms with van der Waals surface area (Å²) in [5, 5.41) is 13.0. The largest absolute Gasteiger partial charge is 0.411 e. The molecule has 3 atom stereocenters. The monoisotopic (exact) mass is 248 g/mol. The standard InChI is InChI=1S/C13H16N2OS/c14-10-3-1-2-4-11(10)17-13-9-6-5-8(7-9)12(13)15-16/h1-4,8-9,13,16H,5-7,14H2/b15-12+/t8-,9-,13+/m0/s1. The third kappa shape index (κ3) is 1.80. The second kappa shape index (κ2) is 4.26. The zero-order valence-corrected chi connectivity index (χ0v) is 10.4. The van der Waals surface area contributed by atoms with Crippen molar-refractivity contribution in [1.29, 1.82) is 0 Å². The second-order valence-corrected chi connectivity index (χ2v) is 6.05. The predicted molar refractivity (Wildman–Crippen MR) is 70.6 cm³/mol. The minimum Gasteiger partial charge on any atom is -0.411 e. The summed E-state index contributed by atoms with van der Waals surface area (Å²) in [6.45, 7) is 0. The first kappa shape index (κ1) is 11.0. The molecule has 4 heteroatoms. The number of anilines is 1. The molecule has 2 bridgehead atoms. The van der Waals surface area contributed by atoms with Crippen LogP contribution in [0.5, 0.6) is 0 Å². The fourth-order valence-electron chi connectivity index (χ4n) is 3.05. The van der Waals surface area contributed by atoms with E-state index >= 15 is 0 Å². The first-order chi connectivity index (χ1) is 8.29. The number of nitrogens with two attached hydrogens (primary N) is 1.